The number of hydrogen-bond acceptors (Lipinski definition) is 2. The molecule has 0 aliphatic carbocycles. The van der Waals surface area contributed by atoms with Crippen LogP contribution in [0.1, 0.15) is 23.0 Å². The first-order valence-corrected chi connectivity index (χ1v) is 6.80. The molecule has 0 saturated carbocycles. The summed E-state index contributed by atoms with van der Waals surface area (Å²) in [7, 11) is 0. The molecule has 1 fully saturated rings. The van der Waals surface area contributed by atoms with E-state index in [0.29, 0.717) is 16.8 Å². The second kappa shape index (κ2) is 4.52. The van der Waals surface area contributed by atoms with Gasteiger partial charge in [-0.1, -0.05) is 27.5 Å². The predicted octanol–water partition coefficient (Wildman–Crippen LogP) is 4.26. The molecule has 3 atom stereocenters. The van der Waals surface area contributed by atoms with Gasteiger partial charge < -0.3 is 4.74 Å². The van der Waals surface area contributed by atoms with Gasteiger partial charge in [0, 0.05) is 17.4 Å². The molecule has 0 amide bonds. The van der Waals surface area contributed by atoms with Crippen LogP contribution in [0.15, 0.2) is 12.1 Å². The van der Waals surface area contributed by atoms with Crippen molar-refractivity contribution in [3.8, 4) is 0 Å². The minimum absolute atomic E-state index is 0.347. The van der Waals surface area contributed by atoms with Crippen molar-refractivity contribution in [1.82, 2.24) is 0 Å². The lowest BCUT2D eigenvalue weighted by molar-refractivity contribution is 0.106. The molecular formula is C10H12BrClOS. The van der Waals surface area contributed by atoms with Crippen molar-refractivity contribution in [2.24, 2.45) is 5.92 Å². The van der Waals surface area contributed by atoms with Crippen molar-refractivity contribution in [3.63, 3.8) is 0 Å². The fourth-order valence-electron chi connectivity index (χ4n) is 1.82. The first-order valence-electron chi connectivity index (χ1n) is 4.69. The third kappa shape index (κ3) is 2.16. The molecule has 3 unspecified atom stereocenters. The van der Waals surface area contributed by atoms with E-state index >= 15 is 0 Å². The monoisotopic (exact) mass is 294 g/mol. The number of rotatable bonds is 2. The molecule has 0 radical (unpaired) electrons. The molecule has 2 heterocycles. The molecule has 78 valence electrons. The maximum Gasteiger partial charge on any atom is 0.0931 e. The summed E-state index contributed by atoms with van der Waals surface area (Å²) in [6, 6.07) is 4.05. The van der Waals surface area contributed by atoms with Crippen molar-refractivity contribution < 1.29 is 4.74 Å². The standard InChI is InChI=1S/C10H12BrClOS/c1-6-7(4-5-13-6)10(11)8-2-3-9(12)14-8/h2-3,6-7,10H,4-5H2,1H3. The lowest BCUT2D eigenvalue weighted by Crippen LogP contribution is -2.15. The highest BCUT2D eigenvalue weighted by Crippen LogP contribution is 2.42. The highest BCUT2D eigenvalue weighted by molar-refractivity contribution is 9.09. The van der Waals surface area contributed by atoms with E-state index in [1.807, 2.05) is 6.07 Å². The molecule has 0 spiro atoms. The Morgan fingerprint density at radius 3 is 2.93 bits per heavy atom. The van der Waals surface area contributed by atoms with Crippen molar-refractivity contribution >= 4 is 38.9 Å². The summed E-state index contributed by atoms with van der Waals surface area (Å²) in [6.45, 7) is 3.02. The zero-order chi connectivity index (χ0) is 10.1. The second-order valence-corrected chi connectivity index (χ2v) is 6.31. The summed E-state index contributed by atoms with van der Waals surface area (Å²) in [5, 5.41) is 0. The molecule has 4 heteroatoms. The molecule has 1 nitrogen and oxygen atoms in total. The van der Waals surface area contributed by atoms with Gasteiger partial charge >= 0.3 is 0 Å². The maximum absolute atomic E-state index is 5.91. The van der Waals surface area contributed by atoms with Crippen molar-refractivity contribution in [1.29, 1.82) is 0 Å². The van der Waals surface area contributed by atoms with Gasteiger partial charge in [0.25, 0.3) is 0 Å². The number of hydrogen-bond donors (Lipinski definition) is 0. The Bertz CT molecular complexity index is 315. The predicted molar refractivity (Wildman–Crippen MR) is 64.5 cm³/mol. The Kier molecular flexibility index (Phi) is 3.53. The van der Waals surface area contributed by atoms with Crippen LogP contribution in [-0.2, 0) is 4.74 Å². The average molecular weight is 296 g/mol. The van der Waals surface area contributed by atoms with Crippen LogP contribution >= 0.6 is 38.9 Å². The summed E-state index contributed by atoms with van der Waals surface area (Å²) in [4.78, 5) is 1.69. The zero-order valence-electron chi connectivity index (χ0n) is 7.87. The SMILES string of the molecule is CC1OCCC1C(Br)c1ccc(Cl)s1. The summed E-state index contributed by atoms with van der Waals surface area (Å²) in [5.74, 6) is 0.574. The van der Waals surface area contributed by atoms with Gasteiger partial charge in [-0.25, -0.2) is 0 Å². The van der Waals surface area contributed by atoms with Crippen LogP contribution in [0.3, 0.4) is 0 Å². The highest BCUT2D eigenvalue weighted by atomic mass is 79.9. The normalized spacial score (nSPS) is 29.4. The Labute approximate surface area is 102 Å². The minimum atomic E-state index is 0.347. The molecule has 0 N–H and O–H groups in total. The van der Waals surface area contributed by atoms with Gasteiger partial charge in [-0.2, -0.15) is 0 Å². The zero-order valence-corrected chi connectivity index (χ0v) is 11.0. The summed E-state index contributed by atoms with van der Waals surface area (Å²) < 4.78 is 6.41. The smallest absolute Gasteiger partial charge is 0.0931 e. The van der Waals surface area contributed by atoms with Gasteiger partial charge in [-0.05, 0) is 25.5 Å². The van der Waals surface area contributed by atoms with Gasteiger partial charge in [0.2, 0.25) is 0 Å². The highest BCUT2D eigenvalue weighted by Gasteiger charge is 2.31. The average Bonchev–Trinajstić information content (AvgIpc) is 2.73. The Balaban J connectivity index is 2.11. The maximum atomic E-state index is 5.91. The van der Waals surface area contributed by atoms with Crippen LogP contribution in [0.2, 0.25) is 4.34 Å². The van der Waals surface area contributed by atoms with Crippen LogP contribution in [0.25, 0.3) is 0 Å². The molecule has 0 bridgehead atoms. The van der Waals surface area contributed by atoms with E-state index in [4.69, 9.17) is 16.3 Å². The molecule has 1 aromatic heterocycles. The molecule has 1 saturated heterocycles. The summed E-state index contributed by atoms with van der Waals surface area (Å²) >= 11 is 11.3. The van der Waals surface area contributed by atoms with E-state index in [2.05, 4.69) is 28.9 Å². The molecule has 1 aromatic rings. The Morgan fingerprint density at radius 1 is 1.64 bits per heavy atom. The Hall–Kier alpha value is 0.430. The number of thiophene rings is 1. The number of alkyl halides is 1. The van der Waals surface area contributed by atoms with Crippen molar-refractivity contribution in [2.75, 3.05) is 6.61 Å². The van der Waals surface area contributed by atoms with Crippen LogP contribution in [0.5, 0.6) is 0 Å². The molecule has 1 aliphatic heterocycles. The molecule has 0 aromatic carbocycles. The fraction of sp³-hybridized carbons (Fsp3) is 0.600. The van der Waals surface area contributed by atoms with E-state index in [1.165, 1.54) is 4.88 Å². The third-order valence-corrected chi connectivity index (χ3v) is 5.47. The van der Waals surface area contributed by atoms with E-state index in [0.717, 1.165) is 17.4 Å². The van der Waals surface area contributed by atoms with E-state index in [-0.39, 0.29) is 0 Å². The van der Waals surface area contributed by atoms with E-state index < -0.39 is 0 Å². The van der Waals surface area contributed by atoms with Gasteiger partial charge in [0.05, 0.1) is 15.3 Å². The van der Waals surface area contributed by atoms with Gasteiger partial charge in [0.1, 0.15) is 0 Å². The molecular weight excluding hydrogens is 284 g/mol. The van der Waals surface area contributed by atoms with Gasteiger partial charge in [0.15, 0.2) is 0 Å². The van der Waals surface area contributed by atoms with Crippen LogP contribution in [-0.4, -0.2) is 12.7 Å². The van der Waals surface area contributed by atoms with Gasteiger partial charge in [-0.15, -0.1) is 11.3 Å². The van der Waals surface area contributed by atoms with Crippen LogP contribution in [0.4, 0.5) is 0 Å². The van der Waals surface area contributed by atoms with E-state index in [1.54, 1.807) is 11.3 Å². The quantitative estimate of drug-likeness (QED) is 0.741. The van der Waals surface area contributed by atoms with Crippen LogP contribution in [0, 0.1) is 5.92 Å². The van der Waals surface area contributed by atoms with E-state index in [9.17, 15) is 0 Å². The third-order valence-electron chi connectivity index (χ3n) is 2.68. The lowest BCUT2D eigenvalue weighted by Gasteiger charge is -2.19. The lowest BCUT2D eigenvalue weighted by atomic mass is 9.98. The second-order valence-electron chi connectivity index (χ2n) is 3.57. The molecule has 2 rings (SSSR count). The fourth-order valence-corrected chi connectivity index (χ4v) is 4.06. The van der Waals surface area contributed by atoms with Crippen molar-refractivity contribution in [3.05, 3.63) is 21.3 Å². The van der Waals surface area contributed by atoms with Gasteiger partial charge in [-0.3, -0.25) is 0 Å². The summed E-state index contributed by atoms with van der Waals surface area (Å²) in [5.41, 5.74) is 0. The first-order chi connectivity index (χ1) is 6.68. The van der Waals surface area contributed by atoms with Crippen molar-refractivity contribution in [2.45, 2.75) is 24.3 Å². The number of ether oxygens (including phenoxy) is 1. The molecule has 1 aliphatic rings. The first kappa shape index (κ1) is 10.9. The molecule has 14 heavy (non-hydrogen) atoms. The summed E-state index contributed by atoms with van der Waals surface area (Å²) in [6.07, 6.45) is 1.48. The minimum Gasteiger partial charge on any atom is -0.378 e. The topological polar surface area (TPSA) is 9.23 Å². The van der Waals surface area contributed by atoms with Crippen LogP contribution < -0.4 is 0 Å². The number of halogens is 2. The Morgan fingerprint density at radius 2 is 2.43 bits per heavy atom. The largest absolute Gasteiger partial charge is 0.378 e.